The van der Waals surface area contributed by atoms with Crippen molar-refractivity contribution in [2.75, 3.05) is 26.9 Å². The maximum Gasteiger partial charge on any atom is 0.348 e. The molecule has 0 saturated carbocycles. The average Bonchev–Trinajstić information content (AvgIpc) is 3.33. The van der Waals surface area contributed by atoms with Crippen LogP contribution in [-0.4, -0.2) is 47.7 Å². The predicted octanol–water partition coefficient (Wildman–Crippen LogP) is 3.43. The van der Waals surface area contributed by atoms with Crippen molar-refractivity contribution >= 4 is 27.5 Å². The maximum atomic E-state index is 12.8. The van der Waals surface area contributed by atoms with Gasteiger partial charge in [-0.05, 0) is 37.4 Å². The molecule has 1 aliphatic heterocycles. The number of thiophene rings is 1. The van der Waals surface area contributed by atoms with E-state index in [1.165, 1.54) is 16.9 Å². The monoisotopic (exact) mass is 427 g/mol. The van der Waals surface area contributed by atoms with Crippen molar-refractivity contribution in [1.29, 1.82) is 0 Å². The molecule has 0 radical (unpaired) electrons. The first kappa shape index (κ1) is 20.7. The van der Waals surface area contributed by atoms with Gasteiger partial charge in [-0.2, -0.15) is 0 Å². The molecule has 8 heteroatoms. The van der Waals surface area contributed by atoms with Gasteiger partial charge in [-0.15, -0.1) is 11.3 Å². The molecular weight excluding hydrogens is 402 g/mol. The number of likely N-dealkylation sites (tertiary alicyclic amines) is 1. The number of aromatic nitrogens is 2. The lowest BCUT2D eigenvalue weighted by Crippen LogP contribution is -2.25. The number of aryl methyl sites for hydroxylation is 1. The lowest BCUT2D eigenvalue weighted by molar-refractivity contribution is 0.0393. The largest absolute Gasteiger partial charge is 0.459 e. The fraction of sp³-hybridized carbons (Fsp3) is 0.409. The van der Waals surface area contributed by atoms with E-state index in [1.807, 2.05) is 6.07 Å². The van der Waals surface area contributed by atoms with Gasteiger partial charge in [0.15, 0.2) is 0 Å². The first-order valence-electron chi connectivity index (χ1n) is 10.1. The fourth-order valence-electron chi connectivity index (χ4n) is 4.00. The number of methoxy groups -OCH3 is 1. The molecule has 1 fully saturated rings. The third-order valence-electron chi connectivity index (χ3n) is 5.46. The highest BCUT2D eigenvalue weighted by Gasteiger charge is 2.27. The van der Waals surface area contributed by atoms with Gasteiger partial charge in [0.05, 0.1) is 18.5 Å². The molecule has 1 saturated heterocycles. The van der Waals surface area contributed by atoms with Crippen LogP contribution in [0.3, 0.4) is 0 Å². The number of ether oxygens (including phenoxy) is 2. The topological polar surface area (TPSA) is 84.5 Å². The normalized spacial score (nSPS) is 16.9. The second-order valence-electron chi connectivity index (χ2n) is 7.42. The number of hydrogen-bond acceptors (Lipinski definition) is 7. The van der Waals surface area contributed by atoms with Crippen molar-refractivity contribution in [3.8, 4) is 0 Å². The Bertz CT molecular complexity index is 1090. The smallest absolute Gasteiger partial charge is 0.348 e. The van der Waals surface area contributed by atoms with Crippen LogP contribution in [0, 0.1) is 6.92 Å². The zero-order valence-corrected chi connectivity index (χ0v) is 18.0. The van der Waals surface area contributed by atoms with E-state index in [2.05, 4.69) is 39.1 Å². The molecule has 7 nitrogen and oxygen atoms in total. The summed E-state index contributed by atoms with van der Waals surface area (Å²) in [5, 5.41) is 0.462. The number of nitrogens with zero attached hydrogens (tertiary/aromatic N) is 2. The molecular formula is C22H25N3O4S. The van der Waals surface area contributed by atoms with Crippen LogP contribution in [0.4, 0.5) is 0 Å². The number of H-pyrrole nitrogens is 1. The summed E-state index contributed by atoms with van der Waals surface area (Å²) in [6.45, 7) is 3.79. The van der Waals surface area contributed by atoms with Crippen molar-refractivity contribution in [2.45, 2.75) is 32.4 Å². The van der Waals surface area contributed by atoms with Gasteiger partial charge >= 0.3 is 5.97 Å². The minimum atomic E-state index is -0.447. The summed E-state index contributed by atoms with van der Waals surface area (Å²) in [6.07, 6.45) is 2.20. The molecule has 1 aliphatic rings. The number of carbonyl (C=O) groups is 1. The van der Waals surface area contributed by atoms with Crippen molar-refractivity contribution in [1.82, 2.24) is 14.9 Å². The zero-order valence-electron chi connectivity index (χ0n) is 17.1. The number of nitrogens with one attached hydrogen (secondary N) is 1. The Morgan fingerprint density at radius 3 is 2.87 bits per heavy atom. The summed E-state index contributed by atoms with van der Waals surface area (Å²) in [5.74, 6) is 0.174. The third kappa shape index (κ3) is 4.16. The molecule has 3 heterocycles. The van der Waals surface area contributed by atoms with Crippen molar-refractivity contribution in [3.63, 3.8) is 0 Å². The van der Waals surface area contributed by atoms with Crippen LogP contribution >= 0.6 is 11.3 Å². The molecule has 3 aromatic rings. The molecule has 1 atom stereocenters. The molecule has 1 aromatic carbocycles. The molecule has 0 spiro atoms. The summed E-state index contributed by atoms with van der Waals surface area (Å²) < 4.78 is 10.1. The predicted molar refractivity (Wildman–Crippen MR) is 116 cm³/mol. The van der Waals surface area contributed by atoms with Gasteiger partial charge < -0.3 is 14.5 Å². The number of esters is 1. The van der Waals surface area contributed by atoms with E-state index < -0.39 is 5.97 Å². The van der Waals surface area contributed by atoms with Gasteiger partial charge in [0.25, 0.3) is 5.56 Å². The van der Waals surface area contributed by atoms with Gasteiger partial charge in [-0.3, -0.25) is 9.69 Å². The second kappa shape index (κ2) is 9.07. The highest BCUT2D eigenvalue weighted by atomic mass is 32.1. The highest BCUT2D eigenvalue weighted by molar-refractivity contribution is 7.20. The van der Waals surface area contributed by atoms with E-state index in [0.717, 1.165) is 19.4 Å². The average molecular weight is 428 g/mol. The van der Waals surface area contributed by atoms with Gasteiger partial charge in [0.1, 0.15) is 22.1 Å². The van der Waals surface area contributed by atoms with Crippen molar-refractivity contribution < 1.29 is 14.3 Å². The molecule has 2 aromatic heterocycles. The van der Waals surface area contributed by atoms with Gasteiger partial charge in [-0.1, -0.05) is 30.3 Å². The molecule has 1 unspecified atom stereocenters. The van der Waals surface area contributed by atoms with Crippen LogP contribution in [0.25, 0.3) is 10.2 Å². The highest BCUT2D eigenvalue weighted by Crippen LogP contribution is 2.33. The van der Waals surface area contributed by atoms with Crippen LogP contribution in [0.1, 0.15) is 45.5 Å². The van der Waals surface area contributed by atoms with Crippen LogP contribution < -0.4 is 5.56 Å². The number of carbonyl (C=O) groups excluding carboxylic acids is 1. The quantitative estimate of drug-likeness (QED) is 0.459. The molecule has 0 aliphatic carbocycles. The zero-order chi connectivity index (χ0) is 21.1. The molecule has 4 rings (SSSR count). The Hall–Kier alpha value is -2.55. The van der Waals surface area contributed by atoms with E-state index in [0.29, 0.717) is 45.7 Å². The van der Waals surface area contributed by atoms with Crippen LogP contribution in [0.2, 0.25) is 0 Å². The van der Waals surface area contributed by atoms with Crippen LogP contribution in [0.5, 0.6) is 0 Å². The summed E-state index contributed by atoms with van der Waals surface area (Å²) in [5.41, 5.74) is 1.68. The first-order valence-corrected chi connectivity index (χ1v) is 10.9. The number of rotatable bonds is 7. The second-order valence-corrected chi connectivity index (χ2v) is 8.42. The summed E-state index contributed by atoms with van der Waals surface area (Å²) in [4.78, 5) is 36.1. The van der Waals surface area contributed by atoms with Gasteiger partial charge in [-0.25, -0.2) is 9.78 Å². The Morgan fingerprint density at radius 1 is 1.30 bits per heavy atom. The lowest BCUT2D eigenvalue weighted by atomic mass is 10.0. The Morgan fingerprint density at radius 2 is 2.10 bits per heavy atom. The summed E-state index contributed by atoms with van der Waals surface area (Å²) in [7, 11) is 1.55. The molecule has 1 N–H and O–H groups in total. The fourth-order valence-corrected chi connectivity index (χ4v) is 5.10. The van der Waals surface area contributed by atoms with Gasteiger partial charge in [0.2, 0.25) is 0 Å². The van der Waals surface area contributed by atoms with E-state index in [-0.39, 0.29) is 12.2 Å². The van der Waals surface area contributed by atoms with E-state index in [1.54, 1.807) is 14.0 Å². The standard InChI is InChI=1S/C22H25N3O4S/c1-14-18-20(26)23-17(24-21(18)30-19(14)22(27)29-12-11-28-2)13-25-10-6-9-16(25)15-7-4-3-5-8-15/h3-5,7-8,16H,6,9-13H2,1-2H3,(H,23,24,26). The minimum Gasteiger partial charge on any atom is -0.459 e. The van der Waals surface area contributed by atoms with Crippen molar-refractivity contribution in [2.24, 2.45) is 0 Å². The lowest BCUT2D eigenvalue weighted by Gasteiger charge is -2.24. The molecule has 30 heavy (non-hydrogen) atoms. The maximum absolute atomic E-state index is 12.8. The number of fused-ring (bicyclic) bond motifs is 1. The summed E-state index contributed by atoms with van der Waals surface area (Å²) >= 11 is 1.21. The number of aromatic amines is 1. The number of benzene rings is 1. The Labute approximate surface area is 178 Å². The van der Waals surface area contributed by atoms with Crippen LogP contribution in [-0.2, 0) is 16.0 Å². The van der Waals surface area contributed by atoms with E-state index in [4.69, 9.17) is 9.47 Å². The SMILES string of the molecule is COCCOC(=O)c1sc2nc(CN3CCCC3c3ccccc3)[nH]c(=O)c2c1C. The molecule has 0 amide bonds. The Kier molecular flexibility index (Phi) is 6.26. The molecule has 158 valence electrons. The van der Waals surface area contributed by atoms with Crippen LogP contribution in [0.15, 0.2) is 35.1 Å². The van der Waals surface area contributed by atoms with Crippen molar-refractivity contribution in [3.05, 3.63) is 62.5 Å². The molecule has 0 bridgehead atoms. The summed E-state index contributed by atoms with van der Waals surface area (Å²) in [6, 6.07) is 10.7. The van der Waals surface area contributed by atoms with Gasteiger partial charge in [0, 0.05) is 13.2 Å². The number of hydrogen-bond donors (Lipinski definition) is 1. The Balaban J connectivity index is 1.58. The third-order valence-corrected chi connectivity index (χ3v) is 6.62. The van der Waals surface area contributed by atoms with E-state index >= 15 is 0 Å². The first-order chi connectivity index (χ1) is 14.6. The van der Waals surface area contributed by atoms with E-state index in [9.17, 15) is 9.59 Å². The minimum absolute atomic E-state index is 0.174.